The minimum Gasteiger partial charge on any atom is -0.474 e. The fourth-order valence-electron chi connectivity index (χ4n) is 2.69. The Balaban J connectivity index is 2.74. The normalized spacial score (nSPS) is 40.0. The van der Waals surface area contributed by atoms with E-state index in [1.165, 1.54) is 0 Å². The van der Waals surface area contributed by atoms with Gasteiger partial charge in [0.05, 0.1) is 18.2 Å². The second-order valence-electron chi connectivity index (χ2n) is 4.02. The fraction of sp³-hybridized carbons (Fsp3) is 0.600. The van der Waals surface area contributed by atoms with Gasteiger partial charge in [-0.2, -0.15) is 15.8 Å². The SMILES string of the molecule is C[C@H]1C[C@H]2OC(=N)[C@@]1(C#N)C2(C#N)C#N. The highest BCUT2D eigenvalue weighted by Crippen LogP contribution is 2.62. The Labute approximate surface area is 87.0 Å². The summed E-state index contributed by atoms with van der Waals surface area (Å²) in [7, 11) is 0. The highest BCUT2D eigenvalue weighted by atomic mass is 16.5. The Morgan fingerprint density at radius 3 is 2.27 bits per heavy atom. The second-order valence-corrected chi connectivity index (χ2v) is 4.02. The Hall–Kier alpha value is -2.06. The third kappa shape index (κ3) is 0.671. The molecule has 5 nitrogen and oxygen atoms in total. The average Bonchev–Trinajstić information content (AvgIpc) is 2.60. The first kappa shape index (κ1) is 9.49. The summed E-state index contributed by atoms with van der Waals surface area (Å²) in [5.74, 6) is -0.412. The summed E-state index contributed by atoms with van der Waals surface area (Å²) in [5, 5.41) is 35.1. The number of nitriles is 3. The molecule has 1 heterocycles. The van der Waals surface area contributed by atoms with Crippen LogP contribution in [0.5, 0.6) is 0 Å². The van der Waals surface area contributed by atoms with Crippen LogP contribution in [0.15, 0.2) is 0 Å². The molecule has 0 unspecified atom stereocenters. The van der Waals surface area contributed by atoms with Crippen LogP contribution in [0.4, 0.5) is 0 Å². The van der Waals surface area contributed by atoms with E-state index in [2.05, 4.69) is 0 Å². The van der Waals surface area contributed by atoms with E-state index in [1.54, 1.807) is 6.92 Å². The van der Waals surface area contributed by atoms with Crippen molar-refractivity contribution in [2.75, 3.05) is 0 Å². The van der Waals surface area contributed by atoms with Crippen molar-refractivity contribution < 1.29 is 4.74 Å². The standard InChI is InChI=1S/C10H8N4O/c1-6-2-7-9(3-11,4-12)10(6,5-13)8(14)15-7/h6-7,14H,2H2,1H3/t6-,7+,10-/m0/s1. The van der Waals surface area contributed by atoms with Crippen molar-refractivity contribution in [2.45, 2.75) is 19.4 Å². The van der Waals surface area contributed by atoms with Gasteiger partial charge in [-0.15, -0.1) is 0 Å². The third-order valence-electron chi connectivity index (χ3n) is 3.56. The monoisotopic (exact) mass is 200 g/mol. The van der Waals surface area contributed by atoms with E-state index < -0.39 is 16.9 Å². The van der Waals surface area contributed by atoms with Crippen LogP contribution in [0.3, 0.4) is 0 Å². The topological polar surface area (TPSA) is 104 Å². The van der Waals surface area contributed by atoms with Gasteiger partial charge in [-0.05, 0) is 12.3 Å². The van der Waals surface area contributed by atoms with Gasteiger partial charge in [0.25, 0.3) is 0 Å². The molecule has 0 amide bonds. The maximum absolute atomic E-state index is 9.21. The zero-order chi connectivity index (χ0) is 11.3. The predicted molar refractivity (Wildman–Crippen MR) is 48.1 cm³/mol. The lowest BCUT2D eigenvalue weighted by molar-refractivity contribution is 0.163. The summed E-state index contributed by atoms with van der Waals surface area (Å²) >= 11 is 0. The average molecular weight is 200 g/mol. The van der Waals surface area contributed by atoms with Gasteiger partial charge in [-0.3, -0.25) is 5.41 Å². The molecule has 3 atom stereocenters. The second kappa shape index (κ2) is 2.49. The number of hydrogen-bond donors (Lipinski definition) is 1. The van der Waals surface area contributed by atoms with Gasteiger partial charge in [0.2, 0.25) is 11.3 Å². The molecule has 1 N–H and O–H groups in total. The molecule has 15 heavy (non-hydrogen) atoms. The van der Waals surface area contributed by atoms with E-state index in [-0.39, 0.29) is 11.8 Å². The van der Waals surface area contributed by atoms with Gasteiger partial charge in [0, 0.05) is 0 Å². The summed E-state index contributed by atoms with van der Waals surface area (Å²) in [6, 6.07) is 5.75. The van der Waals surface area contributed by atoms with Crippen molar-refractivity contribution in [3.8, 4) is 18.2 Å². The van der Waals surface area contributed by atoms with E-state index in [1.807, 2.05) is 18.2 Å². The summed E-state index contributed by atoms with van der Waals surface area (Å²) in [6.07, 6.45) is -0.147. The summed E-state index contributed by atoms with van der Waals surface area (Å²) in [4.78, 5) is 0. The van der Waals surface area contributed by atoms with Gasteiger partial charge in [0.15, 0.2) is 5.41 Å². The van der Waals surface area contributed by atoms with Crippen molar-refractivity contribution in [3.05, 3.63) is 0 Å². The number of ether oxygens (including phenoxy) is 1. The Bertz CT molecular complexity index is 449. The van der Waals surface area contributed by atoms with E-state index in [4.69, 9.17) is 20.7 Å². The van der Waals surface area contributed by atoms with Crippen molar-refractivity contribution in [2.24, 2.45) is 16.7 Å². The molecule has 0 aromatic heterocycles. The zero-order valence-electron chi connectivity index (χ0n) is 8.11. The van der Waals surface area contributed by atoms with Crippen molar-refractivity contribution in [1.29, 1.82) is 21.2 Å². The first-order valence-corrected chi connectivity index (χ1v) is 4.58. The first-order valence-electron chi connectivity index (χ1n) is 4.58. The minimum absolute atomic E-state index is 0.187. The Kier molecular flexibility index (Phi) is 1.58. The molecule has 2 bridgehead atoms. The van der Waals surface area contributed by atoms with E-state index >= 15 is 0 Å². The van der Waals surface area contributed by atoms with Crippen LogP contribution in [-0.4, -0.2) is 12.0 Å². The molecule has 2 fully saturated rings. The van der Waals surface area contributed by atoms with Crippen molar-refractivity contribution in [1.82, 2.24) is 0 Å². The maximum Gasteiger partial charge on any atom is 0.207 e. The van der Waals surface area contributed by atoms with Crippen LogP contribution in [0, 0.1) is 56.2 Å². The Morgan fingerprint density at radius 1 is 1.33 bits per heavy atom. The number of fused-ring (bicyclic) bond motifs is 2. The molecule has 0 aromatic carbocycles. The van der Waals surface area contributed by atoms with Gasteiger partial charge in [-0.1, -0.05) is 6.92 Å². The Morgan fingerprint density at radius 2 is 1.93 bits per heavy atom. The fourth-order valence-corrected chi connectivity index (χ4v) is 2.69. The number of rotatable bonds is 0. The summed E-state index contributed by atoms with van der Waals surface area (Å²) in [6.45, 7) is 1.78. The lowest BCUT2D eigenvalue weighted by Gasteiger charge is -2.26. The van der Waals surface area contributed by atoms with Crippen LogP contribution in [0.25, 0.3) is 0 Å². The highest BCUT2D eigenvalue weighted by Gasteiger charge is 2.75. The molecule has 1 aliphatic heterocycles. The molecule has 74 valence electrons. The molecular weight excluding hydrogens is 192 g/mol. The highest BCUT2D eigenvalue weighted by molar-refractivity contribution is 5.90. The molecule has 1 aliphatic carbocycles. The summed E-state index contributed by atoms with van der Waals surface area (Å²) in [5.41, 5.74) is -2.88. The van der Waals surface area contributed by atoms with E-state index in [0.29, 0.717) is 6.42 Å². The van der Waals surface area contributed by atoms with Crippen LogP contribution >= 0.6 is 0 Å². The van der Waals surface area contributed by atoms with Crippen molar-refractivity contribution >= 4 is 5.90 Å². The van der Waals surface area contributed by atoms with E-state index in [0.717, 1.165) is 0 Å². The minimum atomic E-state index is -1.50. The van der Waals surface area contributed by atoms with Crippen LogP contribution in [0.2, 0.25) is 0 Å². The van der Waals surface area contributed by atoms with Crippen LogP contribution in [0.1, 0.15) is 13.3 Å². The molecule has 0 spiro atoms. The third-order valence-corrected chi connectivity index (χ3v) is 3.56. The van der Waals surface area contributed by atoms with Crippen molar-refractivity contribution in [3.63, 3.8) is 0 Å². The quantitative estimate of drug-likeness (QED) is 0.628. The molecule has 5 heteroatoms. The number of nitrogens with zero attached hydrogens (tertiary/aromatic N) is 3. The van der Waals surface area contributed by atoms with Gasteiger partial charge in [0.1, 0.15) is 6.10 Å². The molecule has 0 radical (unpaired) electrons. The molecule has 2 rings (SSSR count). The largest absolute Gasteiger partial charge is 0.474 e. The number of nitrogens with one attached hydrogen (secondary N) is 1. The lowest BCUT2D eigenvalue weighted by Crippen LogP contribution is -2.41. The predicted octanol–water partition coefficient (Wildman–Crippen LogP) is 0.946. The molecule has 1 saturated carbocycles. The smallest absolute Gasteiger partial charge is 0.207 e. The van der Waals surface area contributed by atoms with Gasteiger partial charge in [-0.25, -0.2) is 0 Å². The molecule has 0 aromatic rings. The zero-order valence-corrected chi connectivity index (χ0v) is 8.11. The lowest BCUT2D eigenvalue weighted by atomic mass is 9.65. The molecule has 1 saturated heterocycles. The van der Waals surface area contributed by atoms with Gasteiger partial charge >= 0.3 is 0 Å². The first-order chi connectivity index (χ1) is 7.09. The molecule has 2 aliphatic rings. The van der Waals surface area contributed by atoms with Crippen LogP contribution < -0.4 is 0 Å². The van der Waals surface area contributed by atoms with Crippen LogP contribution in [-0.2, 0) is 4.74 Å². The maximum atomic E-state index is 9.21. The summed E-state index contributed by atoms with van der Waals surface area (Å²) < 4.78 is 5.14. The number of hydrogen-bond acceptors (Lipinski definition) is 5. The van der Waals surface area contributed by atoms with Gasteiger partial charge < -0.3 is 4.74 Å². The molecular formula is C10H8N4O. The van der Waals surface area contributed by atoms with E-state index in [9.17, 15) is 5.26 Å².